The molecule has 0 radical (unpaired) electrons. The molecule has 1 amide bonds. The van der Waals surface area contributed by atoms with E-state index in [1.54, 1.807) is 18.2 Å². The summed E-state index contributed by atoms with van der Waals surface area (Å²) in [6.45, 7) is 3.98. The lowest BCUT2D eigenvalue weighted by atomic mass is 10.3. The molecular formula is C16H21N5O3S. The van der Waals surface area contributed by atoms with Crippen LogP contribution in [0.4, 0.5) is 5.69 Å². The molecule has 8 nitrogen and oxygen atoms in total. The molecule has 0 aliphatic carbocycles. The molecule has 1 aliphatic heterocycles. The highest BCUT2D eigenvalue weighted by Gasteiger charge is 2.16. The highest BCUT2D eigenvalue weighted by molar-refractivity contribution is 7.99. The van der Waals surface area contributed by atoms with Gasteiger partial charge in [0.25, 0.3) is 0 Å². The Kier molecular flexibility index (Phi) is 5.90. The number of nitrogens with one attached hydrogen (secondary N) is 1. The number of carbonyl (C=O) groups excluding carboxylic acids is 1. The van der Waals surface area contributed by atoms with E-state index in [2.05, 4.69) is 20.4 Å². The van der Waals surface area contributed by atoms with E-state index in [0.717, 1.165) is 38.7 Å². The largest absolute Gasteiger partial charge is 0.506 e. The van der Waals surface area contributed by atoms with E-state index in [4.69, 9.17) is 4.74 Å². The first-order chi connectivity index (χ1) is 12.1. The van der Waals surface area contributed by atoms with Crippen LogP contribution in [0.15, 0.2) is 29.4 Å². The van der Waals surface area contributed by atoms with Crippen LogP contribution >= 0.6 is 11.8 Å². The van der Waals surface area contributed by atoms with Gasteiger partial charge < -0.3 is 19.7 Å². The molecule has 1 aromatic heterocycles. The number of phenolic OH excluding ortho intramolecular Hbond substituents is 1. The molecule has 0 spiro atoms. The predicted molar refractivity (Wildman–Crippen MR) is 94.6 cm³/mol. The number of thioether (sulfide) groups is 1. The quantitative estimate of drug-likeness (QED) is 0.586. The van der Waals surface area contributed by atoms with Crippen molar-refractivity contribution in [2.75, 3.05) is 37.4 Å². The highest BCUT2D eigenvalue weighted by Crippen LogP contribution is 2.22. The molecular weight excluding hydrogens is 342 g/mol. The fourth-order valence-corrected chi connectivity index (χ4v) is 3.19. The molecule has 0 unspecified atom stereocenters. The third kappa shape index (κ3) is 4.71. The number of amides is 1. The van der Waals surface area contributed by atoms with Crippen molar-refractivity contribution >= 4 is 23.4 Å². The Hall–Kier alpha value is -2.10. The van der Waals surface area contributed by atoms with Gasteiger partial charge in [0.2, 0.25) is 5.91 Å². The maximum Gasteiger partial charge on any atom is 0.234 e. The van der Waals surface area contributed by atoms with E-state index in [1.165, 1.54) is 17.8 Å². The number of hydrogen-bond acceptors (Lipinski definition) is 7. The van der Waals surface area contributed by atoms with Gasteiger partial charge in [0, 0.05) is 20.1 Å². The molecule has 0 saturated carbocycles. The molecule has 1 fully saturated rings. The minimum absolute atomic E-state index is 0.0484. The monoisotopic (exact) mass is 363 g/mol. The van der Waals surface area contributed by atoms with Gasteiger partial charge >= 0.3 is 0 Å². The van der Waals surface area contributed by atoms with Crippen molar-refractivity contribution in [2.24, 2.45) is 7.05 Å². The number of nitrogens with zero attached hydrogens (tertiary/aromatic N) is 4. The van der Waals surface area contributed by atoms with Gasteiger partial charge in [-0.2, -0.15) is 0 Å². The molecule has 0 bridgehead atoms. The summed E-state index contributed by atoms with van der Waals surface area (Å²) in [6, 6.07) is 6.64. The van der Waals surface area contributed by atoms with Crippen LogP contribution in [0.2, 0.25) is 0 Å². The number of rotatable bonds is 6. The summed E-state index contributed by atoms with van der Waals surface area (Å²) < 4.78 is 7.25. The van der Waals surface area contributed by atoms with E-state index < -0.39 is 0 Å². The molecule has 1 aliphatic rings. The van der Waals surface area contributed by atoms with E-state index in [0.29, 0.717) is 10.8 Å². The van der Waals surface area contributed by atoms with Gasteiger partial charge in [0.1, 0.15) is 11.6 Å². The molecule has 1 aromatic carbocycles. The molecule has 134 valence electrons. The van der Waals surface area contributed by atoms with Gasteiger partial charge in [0.05, 0.1) is 31.2 Å². The lowest BCUT2D eigenvalue weighted by Crippen LogP contribution is -2.36. The smallest absolute Gasteiger partial charge is 0.234 e. The average Bonchev–Trinajstić information content (AvgIpc) is 2.96. The lowest BCUT2D eigenvalue weighted by Gasteiger charge is -2.25. The highest BCUT2D eigenvalue weighted by atomic mass is 32.2. The topological polar surface area (TPSA) is 92.5 Å². The summed E-state index contributed by atoms with van der Waals surface area (Å²) in [5, 5.41) is 21.5. The van der Waals surface area contributed by atoms with Crippen LogP contribution in [0.1, 0.15) is 5.82 Å². The van der Waals surface area contributed by atoms with Crippen molar-refractivity contribution in [2.45, 2.75) is 11.7 Å². The van der Waals surface area contributed by atoms with Crippen LogP contribution in [0.25, 0.3) is 0 Å². The van der Waals surface area contributed by atoms with Crippen LogP contribution in [-0.4, -0.2) is 62.7 Å². The summed E-state index contributed by atoms with van der Waals surface area (Å²) in [7, 11) is 1.90. The molecule has 1 saturated heterocycles. The van der Waals surface area contributed by atoms with E-state index in [1.807, 2.05) is 11.6 Å². The Morgan fingerprint density at radius 2 is 2.08 bits per heavy atom. The van der Waals surface area contributed by atoms with Crippen molar-refractivity contribution in [1.82, 2.24) is 19.7 Å². The Morgan fingerprint density at radius 3 is 2.84 bits per heavy atom. The lowest BCUT2D eigenvalue weighted by molar-refractivity contribution is -0.113. The summed E-state index contributed by atoms with van der Waals surface area (Å²) in [4.78, 5) is 14.3. The van der Waals surface area contributed by atoms with Crippen LogP contribution in [-0.2, 0) is 23.1 Å². The number of phenols is 1. The van der Waals surface area contributed by atoms with Crippen molar-refractivity contribution in [1.29, 1.82) is 0 Å². The number of aromatic hydroxyl groups is 1. The summed E-state index contributed by atoms with van der Waals surface area (Å²) in [5.41, 5.74) is 0.402. The molecule has 0 atom stereocenters. The fourth-order valence-electron chi connectivity index (χ4n) is 2.46. The number of hydrogen-bond donors (Lipinski definition) is 2. The molecule has 2 N–H and O–H groups in total. The zero-order valence-electron chi connectivity index (χ0n) is 14.0. The van der Waals surface area contributed by atoms with Crippen LogP contribution < -0.4 is 5.32 Å². The molecule has 25 heavy (non-hydrogen) atoms. The summed E-state index contributed by atoms with van der Waals surface area (Å²) in [5.74, 6) is 0.903. The van der Waals surface area contributed by atoms with E-state index in [9.17, 15) is 9.90 Å². The van der Waals surface area contributed by atoms with Gasteiger partial charge in [-0.3, -0.25) is 9.69 Å². The molecule has 3 rings (SSSR count). The molecule has 9 heteroatoms. The maximum absolute atomic E-state index is 12.1. The van der Waals surface area contributed by atoms with Gasteiger partial charge in [-0.05, 0) is 12.1 Å². The second-order valence-electron chi connectivity index (χ2n) is 5.70. The van der Waals surface area contributed by atoms with E-state index in [-0.39, 0.29) is 17.4 Å². The second-order valence-corrected chi connectivity index (χ2v) is 6.64. The SMILES string of the molecule is Cn1c(CN2CCOCC2)nnc1SCC(=O)Nc1ccccc1O. The summed E-state index contributed by atoms with van der Waals surface area (Å²) in [6.07, 6.45) is 0. The standard InChI is InChI=1S/C16H21N5O3S/c1-20-14(10-21-6-8-24-9-7-21)18-19-16(20)25-11-15(23)17-12-4-2-3-5-13(12)22/h2-5,22H,6-11H2,1H3,(H,17,23). The number of para-hydroxylation sites is 2. The number of anilines is 1. The third-order valence-corrected chi connectivity index (χ3v) is 4.92. The van der Waals surface area contributed by atoms with Gasteiger partial charge in [-0.25, -0.2) is 0 Å². The number of aromatic nitrogens is 3. The third-order valence-electron chi connectivity index (χ3n) is 3.90. The zero-order chi connectivity index (χ0) is 17.6. The second kappa shape index (κ2) is 8.32. The van der Waals surface area contributed by atoms with Crippen molar-refractivity contribution in [3.63, 3.8) is 0 Å². The molecule has 2 heterocycles. The Balaban J connectivity index is 1.53. The number of carbonyl (C=O) groups is 1. The fraction of sp³-hybridized carbons (Fsp3) is 0.438. The minimum Gasteiger partial charge on any atom is -0.506 e. The van der Waals surface area contributed by atoms with Crippen molar-refractivity contribution in [3.8, 4) is 5.75 Å². The van der Waals surface area contributed by atoms with Crippen LogP contribution in [0.3, 0.4) is 0 Å². The van der Waals surface area contributed by atoms with Crippen LogP contribution in [0, 0.1) is 0 Å². The van der Waals surface area contributed by atoms with E-state index >= 15 is 0 Å². The predicted octanol–water partition coefficient (Wildman–Crippen LogP) is 1.08. The number of benzene rings is 1. The first-order valence-electron chi connectivity index (χ1n) is 8.02. The van der Waals surface area contributed by atoms with Gasteiger partial charge in [0.15, 0.2) is 5.16 Å². The Bertz CT molecular complexity index is 730. The van der Waals surface area contributed by atoms with Gasteiger partial charge in [-0.1, -0.05) is 23.9 Å². The average molecular weight is 363 g/mol. The first-order valence-corrected chi connectivity index (χ1v) is 9.01. The Labute approximate surface area is 150 Å². The van der Waals surface area contributed by atoms with Gasteiger partial charge in [-0.15, -0.1) is 10.2 Å². The first kappa shape index (κ1) is 17.7. The van der Waals surface area contributed by atoms with Crippen molar-refractivity contribution < 1.29 is 14.6 Å². The number of ether oxygens (including phenoxy) is 1. The number of morpholine rings is 1. The Morgan fingerprint density at radius 1 is 1.32 bits per heavy atom. The van der Waals surface area contributed by atoms with Crippen molar-refractivity contribution in [3.05, 3.63) is 30.1 Å². The van der Waals surface area contributed by atoms with Crippen LogP contribution in [0.5, 0.6) is 5.75 Å². The molecule has 2 aromatic rings. The summed E-state index contributed by atoms with van der Waals surface area (Å²) >= 11 is 1.32. The normalized spacial score (nSPS) is 15.2. The maximum atomic E-state index is 12.1. The zero-order valence-corrected chi connectivity index (χ0v) is 14.8. The minimum atomic E-state index is -0.204.